The number of aliphatic imine (C=N–C) groups is 1. The minimum absolute atomic E-state index is 0.0531. The lowest BCUT2D eigenvalue weighted by atomic mass is 9.93. The molecule has 2 aliphatic heterocycles. The van der Waals surface area contributed by atoms with Crippen molar-refractivity contribution in [2.45, 2.75) is 45.4 Å². The number of hydrogen-bond acceptors (Lipinski definition) is 7. The second-order valence-corrected chi connectivity index (χ2v) is 8.80. The summed E-state index contributed by atoms with van der Waals surface area (Å²) >= 11 is 1.44. The first kappa shape index (κ1) is 22.2. The second-order valence-electron chi connectivity index (χ2n) is 7.63. The molecule has 0 saturated carbocycles. The molecule has 2 aliphatic rings. The van der Waals surface area contributed by atoms with Crippen molar-refractivity contribution in [1.29, 1.82) is 0 Å². The molecule has 0 aliphatic carbocycles. The molecule has 0 spiro atoms. The molecule has 30 heavy (non-hydrogen) atoms. The molecule has 3 rings (SSSR count). The number of nitrogens with zero attached hydrogens (tertiary/aromatic N) is 2. The highest BCUT2D eigenvalue weighted by atomic mass is 32.2. The second kappa shape index (κ2) is 9.12. The molecular formula is C22H28N2O5S. The number of allylic oxidation sites excluding steroid dienone is 1. The van der Waals surface area contributed by atoms with E-state index in [0.29, 0.717) is 41.0 Å². The summed E-state index contributed by atoms with van der Waals surface area (Å²) in [5.41, 5.74) is 1.67. The molecule has 0 bridgehead atoms. The minimum atomic E-state index is -0.631. The average Bonchev–Trinajstić information content (AvgIpc) is 3.05. The normalized spacial score (nSPS) is 21.0. The number of benzene rings is 1. The molecule has 2 unspecified atom stereocenters. The first-order valence-corrected chi connectivity index (χ1v) is 10.9. The molecule has 0 aromatic heterocycles. The van der Waals surface area contributed by atoms with Crippen LogP contribution in [0.1, 0.15) is 45.7 Å². The number of esters is 1. The van der Waals surface area contributed by atoms with E-state index in [0.717, 1.165) is 5.56 Å². The lowest BCUT2D eigenvalue weighted by Gasteiger charge is -2.33. The van der Waals surface area contributed by atoms with Gasteiger partial charge in [0.2, 0.25) is 5.91 Å². The highest BCUT2D eigenvalue weighted by molar-refractivity contribution is 8.15. The molecule has 2 atom stereocenters. The number of carbonyl (C=O) groups excluding carboxylic acids is 2. The summed E-state index contributed by atoms with van der Waals surface area (Å²) in [6.45, 7) is 8.01. The maximum Gasteiger partial charge on any atom is 0.338 e. The highest BCUT2D eigenvalue weighted by Gasteiger charge is 2.47. The van der Waals surface area contributed by atoms with Gasteiger partial charge in [0.1, 0.15) is 0 Å². The van der Waals surface area contributed by atoms with Crippen LogP contribution in [0.3, 0.4) is 0 Å². The summed E-state index contributed by atoms with van der Waals surface area (Å²) < 4.78 is 16.3. The van der Waals surface area contributed by atoms with Gasteiger partial charge in [-0.15, -0.1) is 0 Å². The summed E-state index contributed by atoms with van der Waals surface area (Å²) in [5.74, 6) is 0.789. The lowest BCUT2D eigenvalue weighted by Crippen LogP contribution is -2.41. The molecule has 2 heterocycles. The fourth-order valence-electron chi connectivity index (χ4n) is 3.51. The van der Waals surface area contributed by atoms with Crippen molar-refractivity contribution in [2.75, 3.05) is 20.8 Å². The summed E-state index contributed by atoms with van der Waals surface area (Å²) in [7, 11) is 3.12. The monoisotopic (exact) mass is 432 g/mol. The van der Waals surface area contributed by atoms with Crippen LogP contribution in [0.25, 0.3) is 0 Å². The van der Waals surface area contributed by atoms with E-state index in [2.05, 4.69) is 4.99 Å². The summed E-state index contributed by atoms with van der Waals surface area (Å²) in [4.78, 5) is 32.4. The number of amidine groups is 1. The van der Waals surface area contributed by atoms with Gasteiger partial charge in [-0.25, -0.2) is 9.79 Å². The number of hydrogen-bond donors (Lipinski definition) is 0. The Balaban J connectivity index is 2.11. The lowest BCUT2D eigenvalue weighted by molar-refractivity contribution is -0.141. The van der Waals surface area contributed by atoms with E-state index < -0.39 is 12.0 Å². The van der Waals surface area contributed by atoms with Crippen LogP contribution in [0.2, 0.25) is 0 Å². The van der Waals surface area contributed by atoms with Crippen LogP contribution in [-0.4, -0.2) is 48.0 Å². The van der Waals surface area contributed by atoms with Crippen molar-refractivity contribution in [3.05, 3.63) is 35.0 Å². The molecule has 1 saturated heterocycles. The highest BCUT2D eigenvalue weighted by Crippen LogP contribution is 2.45. The predicted octanol–water partition coefficient (Wildman–Crippen LogP) is 3.94. The average molecular weight is 433 g/mol. The van der Waals surface area contributed by atoms with Crippen molar-refractivity contribution >= 4 is 28.8 Å². The molecule has 1 aromatic carbocycles. The van der Waals surface area contributed by atoms with Crippen molar-refractivity contribution in [1.82, 2.24) is 4.90 Å². The number of ether oxygens (including phenoxy) is 3. The Labute approximate surface area is 181 Å². The van der Waals surface area contributed by atoms with Crippen LogP contribution in [0.5, 0.6) is 11.5 Å². The summed E-state index contributed by atoms with van der Waals surface area (Å²) in [5, 5.41) is 0.398. The number of fused-ring (bicyclic) bond motifs is 1. The zero-order chi connectivity index (χ0) is 22.0. The van der Waals surface area contributed by atoms with Gasteiger partial charge < -0.3 is 14.2 Å². The predicted molar refractivity (Wildman–Crippen MR) is 117 cm³/mol. The van der Waals surface area contributed by atoms with Gasteiger partial charge in [0.15, 0.2) is 16.7 Å². The summed E-state index contributed by atoms with van der Waals surface area (Å²) in [6.07, 6.45) is 0.684. The summed E-state index contributed by atoms with van der Waals surface area (Å²) in [6, 6.07) is 4.78. The Hall–Kier alpha value is -2.48. The van der Waals surface area contributed by atoms with Gasteiger partial charge in [0.05, 0.1) is 43.4 Å². The van der Waals surface area contributed by atoms with Crippen LogP contribution in [0.15, 0.2) is 34.5 Å². The molecule has 7 nitrogen and oxygen atoms in total. The first-order chi connectivity index (χ1) is 14.3. The number of methoxy groups -OCH3 is 2. The quantitative estimate of drug-likeness (QED) is 0.608. The van der Waals surface area contributed by atoms with Gasteiger partial charge in [0, 0.05) is 0 Å². The van der Waals surface area contributed by atoms with Gasteiger partial charge >= 0.3 is 5.97 Å². The Morgan fingerprint density at radius 3 is 2.53 bits per heavy atom. The SMILES string of the molecule is CCC1SC2=NC(C)=C(C(=O)OCC(C)C)C(c3ccc(OC)c(OC)c3)N2C1=O. The molecular weight excluding hydrogens is 404 g/mol. The van der Waals surface area contributed by atoms with E-state index in [9.17, 15) is 9.59 Å². The smallest absolute Gasteiger partial charge is 0.338 e. The van der Waals surface area contributed by atoms with E-state index in [-0.39, 0.29) is 17.1 Å². The van der Waals surface area contributed by atoms with E-state index in [1.165, 1.54) is 11.8 Å². The van der Waals surface area contributed by atoms with Crippen molar-refractivity contribution in [3.63, 3.8) is 0 Å². The van der Waals surface area contributed by atoms with Crippen LogP contribution < -0.4 is 9.47 Å². The van der Waals surface area contributed by atoms with Crippen molar-refractivity contribution in [2.24, 2.45) is 10.9 Å². The van der Waals surface area contributed by atoms with Crippen molar-refractivity contribution < 1.29 is 23.8 Å². The molecule has 1 fully saturated rings. The third-order valence-electron chi connectivity index (χ3n) is 5.01. The molecule has 0 radical (unpaired) electrons. The Kier molecular flexibility index (Phi) is 6.75. The largest absolute Gasteiger partial charge is 0.493 e. The number of carbonyl (C=O) groups is 2. The Bertz CT molecular complexity index is 909. The molecule has 1 aromatic rings. The third kappa shape index (κ3) is 4.05. The van der Waals surface area contributed by atoms with Gasteiger partial charge in [-0.3, -0.25) is 9.69 Å². The van der Waals surface area contributed by atoms with Crippen LogP contribution in [0, 0.1) is 5.92 Å². The molecule has 8 heteroatoms. The zero-order valence-electron chi connectivity index (χ0n) is 18.2. The van der Waals surface area contributed by atoms with E-state index in [1.807, 2.05) is 26.8 Å². The standard InChI is InChI=1S/C22H28N2O5S/c1-7-17-20(25)24-19(14-8-9-15(27-5)16(10-14)28-6)18(13(4)23-22(24)30-17)21(26)29-11-12(2)3/h8-10,12,17,19H,7,11H2,1-6H3. The molecule has 1 amide bonds. The Morgan fingerprint density at radius 2 is 1.93 bits per heavy atom. The fraction of sp³-hybridized carbons (Fsp3) is 0.500. The van der Waals surface area contributed by atoms with Crippen LogP contribution in [0.4, 0.5) is 0 Å². The first-order valence-electron chi connectivity index (χ1n) is 10.0. The molecule has 0 N–H and O–H groups in total. The van der Waals surface area contributed by atoms with E-state index in [4.69, 9.17) is 14.2 Å². The maximum absolute atomic E-state index is 13.2. The van der Waals surface area contributed by atoms with Crippen LogP contribution in [-0.2, 0) is 14.3 Å². The minimum Gasteiger partial charge on any atom is -0.493 e. The number of rotatable bonds is 7. The zero-order valence-corrected chi connectivity index (χ0v) is 19.0. The van der Waals surface area contributed by atoms with Gasteiger partial charge in [-0.2, -0.15) is 0 Å². The van der Waals surface area contributed by atoms with Gasteiger partial charge in [-0.1, -0.05) is 38.6 Å². The third-order valence-corrected chi connectivity index (χ3v) is 6.33. The maximum atomic E-state index is 13.2. The van der Waals surface area contributed by atoms with Crippen LogP contribution >= 0.6 is 11.8 Å². The molecule has 162 valence electrons. The number of amides is 1. The van der Waals surface area contributed by atoms with Gasteiger partial charge in [0.25, 0.3) is 0 Å². The van der Waals surface area contributed by atoms with Gasteiger partial charge in [-0.05, 0) is 37.0 Å². The van der Waals surface area contributed by atoms with Crippen molar-refractivity contribution in [3.8, 4) is 11.5 Å². The van der Waals surface area contributed by atoms with E-state index >= 15 is 0 Å². The fourth-order valence-corrected chi connectivity index (χ4v) is 4.64. The Morgan fingerprint density at radius 1 is 1.23 bits per heavy atom. The topological polar surface area (TPSA) is 77.4 Å². The number of thioether (sulfide) groups is 1. The van der Waals surface area contributed by atoms with E-state index in [1.54, 1.807) is 38.2 Å².